The molecule has 1 atom stereocenters. The average molecular weight is 306 g/mol. The molecule has 2 fully saturated rings. The number of cyclic esters (lactones) is 1. The molecule has 1 spiro atoms. The topological polar surface area (TPSA) is 59.4 Å². The summed E-state index contributed by atoms with van der Waals surface area (Å²) >= 11 is 0. The molecule has 1 aromatic heterocycles. The molecule has 2 aliphatic rings. The number of rotatable bonds is 5. The van der Waals surface area contributed by atoms with E-state index < -0.39 is 0 Å². The lowest BCUT2D eigenvalue weighted by molar-refractivity contribution is -0.150. The number of nitrogens with zero attached hydrogens (tertiary/aromatic N) is 3. The van der Waals surface area contributed by atoms with Crippen LogP contribution in [0.4, 0.5) is 0 Å². The van der Waals surface area contributed by atoms with Crippen molar-refractivity contribution in [1.82, 2.24) is 20.0 Å². The SMILES string of the molecule is CN(CCc1cnn(C)c1)CC1CC2(CCNCC2)C(=O)O1. The maximum Gasteiger partial charge on any atom is 0.312 e. The van der Waals surface area contributed by atoms with Crippen LogP contribution in [0.15, 0.2) is 12.4 Å². The fourth-order valence-corrected chi connectivity index (χ4v) is 3.61. The molecule has 0 radical (unpaired) electrons. The number of piperidine rings is 1. The number of nitrogens with one attached hydrogen (secondary N) is 1. The molecule has 122 valence electrons. The highest BCUT2D eigenvalue weighted by molar-refractivity contribution is 5.79. The van der Waals surface area contributed by atoms with E-state index in [2.05, 4.69) is 22.4 Å². The molecule has 2 aliphatic heterocycles. The normalized spacial score (nSPS) is 24.1. The Kier molecular flexibility index (Phi) is 4.49. The third-order valence-corrected chi connectivity index (χ3v) is 4.94. The number of carbonyl (C=O) groups excluding carboxylic acids is 1. The number of likely N-dealkylation sites (N-methyl/N-ethyl adjacent to an activating group) is 1. The highest BCUT2D eigenvalue weighted by atomic mass is 16.6. The second kappa shape index (κ2) is 6.38. The fourth-order valence-electron chi connectivity index (χ4n) is 3.61. The summed E-state index contributed by atoms with van der Waals surface area (Å²) in [5, 5.41) is 7.51. The lowest BCUT2D eigenvalue weighted by Crippen LogP contribution is -2.39. The van der Waals surface area contributed by atoms with E-state index in [9.17, 15) is 4.79 Å². The van der Waals surface area contributed by atoms with E-state index in [1.165, 1.54) is 5.56 Å². The van der Waals surface area contributed by atoms with Crippen molar-refractivity contribution in [2.45, 2.75) is 31.8 Å². The molecule has 3 heterocycles. The van der Waals surface area contributed by atoms with Crippen molar-refractivity contribution in [3.05, 3.63) is 18.0 Å². The third kappa shape index (κ3) is 3.33. The first-order chi connectivity index (χ1) is 10.6. The van der Waals surface area contributed by atoms with Crippen molar-refractivity contribution in [1.29, 1.82) is 0 Å². The van der Waals surface area contributed by atoms with Gasteiger partial charge in [0, 0.05) is 32.8 Å². The number of carbonyl (C=O) groups is 1. The standard InChI is InChI=1S/C16H26N4O2/c1-19(8-3-13-10-18-20(2)11-13)12-14-9-16(15(21)22-14)4-6-17-7-5-16/h10-11,14,17H,3-9,12H2,1-2H3. The second-order valence-electron chi connectivity index (χ2n) is 6.80. The molecule has 22 heavy (non-hydrogen) atoms. The minimum Gasteiger partial charge on any atom is -0.461 e. The van der Waals surface area contributed by atoms with Gasteiger partial charge in [-0.3, -0.25) is 9.48 Å². The number of esters is 1. The van der Waals surface area contributed by atoms with Crippen LogP contribution >= 0.6 is 0 Å². The van der Waals surface area contributed by atoms with Gasteiger partial charge in [-0.05, 0) is 45.0 Å². The van der Waals surface area contributed by atoms with E-state index in [0.717, 1.165) is 51.9 Å². The van der Waals surface area contributed by atoms with E-state index in [0.29, 0.717) is 0 Å². The minimum absolute atomic E-state index is 0.0275. The van der Waals surface area contributed by atoms with Crippen molar-refractivity contribution in [2.75, 3.05) is 33.2 Å². The Morgan fingerprint density at radius 3 is 2.95 bits per heavy atom. The second-order valence-corrected chi connectivity index (χ2v) is 6.80. The van der Waals surface area contributed by atoms with Crippen LogP contribution in [-0.2, 0) is 23.0 Å². The smallest absolute Gasteiger partial charge is 0.312 e. The molecular weight excluding hydrogens is 280 g/mol. The molecule has 1 unspecified atom stereocenters. The predicted octanol–water partition coefficient (Wildman–Crippen LogP) is 0.580. The van der Waals surface area contributed by atoms with Gasteiger partial charge in [0.05, 0.1) is 11.6 Å². The van der Waals surface area contributed by atoms with E-state index in [4.69, 9.17) is 4.74 Å². The van der Waals surface area contributed by atoms with Crippen LogP contribution in [-0.4, -0.2) is 60.0 Å². The van der Waals surface area contributed by atoms with Crippen LogP contribution in [0.2, 0.25) is 0 Å². The first kappa shape index (κ1) is 15.5. The molecule has 6 nitrogen and oxygen atoms in total. The molecule has 0 bridgehead atoms. The molecular formula is C16H26N4O2. The van der Waals surface area contributed by atoms with Gasteiger partial charge in [0.15, 0.2) is 0 Å². The molecule has 2 saturated heterocycles. The summed E-state index contributed by atoms with van der Waals surface area (Å²) in [5.74, 6) is 0.0275. The Balaban J connectivity index is 1.47. The zero-order valence-corrected chi connectivity index (χ0v) is 13.5. The van der Waals surface area contributed by atoms with Gasteiger partial charge in [0.2, 0.25) is 0 Å². The van der Waals surface area contributed by atoms with Crippen LogP contribution < -0.4 is 5.32 Å². The summed E-state index contributed by atoms with van der Waals surface area (Å²) in [6.07, 6.45) is 7.69. The van der Waals surface area contributed by atoms with E-state index >= 15 is 0 Å². The van der Waals surface area contributed by atoms with Crippen molar-refractivity contribution < 1.29 is 9.53 Å². The summed E-state index contributed by atoms with van der Waals surface area (Å²) in [6.45, 7) is 3.63. The minimum atomic E-state index is -0.208. The van der Waals surface area contributed by atoms with Crippen LogP contribution in [0.25, 0.3) is 0 Å². The summed E-state index contributed by atoms with van der Waals surface area (Å²) in [7, 11) is 4.03. The van der Waals surface area contributed by atoms with Gasteiger partial charge < -0.3 is 15.0 Å². The summed E-state index contributed by atoms with van der Waals surface area (Å²) < 4.78 is 7.48. The van der Waals surface area contributed by atoms with Crippen molar-refractivity contribution in [2.24, 2.45) is 12.5 Å². The monoisotopic (exact) mass is 306 g/mol. The molecule has 0 aromatic carbocycles. The lowest BCUT2D eigenvalue weighted by Gasteiger charge is -2.29. The van der Waals surface area contributed by atoms with Crippen molar-refractivity contribution >= 4 is 5.97 Å². The molecule has 1 N–H and O–H groups in total. The number of ether oxygens (including phenoxy) is 1. The Bertz CT molecular complexity index is 522. The Morgan fingerprint density at radius 2 is 2.27 bits per heavy atom. The highest BCUT2D eigenvalue weighted by Crippen LogP contribution is 2.41. The van der Waals surface area contributed by atoms with Crippen LogP contribution in [0.5, 0.6) is 0 Å². The molecule has 0 saturated carbocycles. The molecule has 0 amide bonds. The maximum atomic E-state index is 12.2. The fraction of sp³-hybridized carbons (Fsp3) is 0.750. The first-order valence-corrected chi connectivity index (χ1v) is 8.15. The van der Waals surface area contributed by atoms with Crippen LogP contribution in [0, 0.1) is 5.41 Å². The molecule has 0 aliphatic carbocycles. The van der Waals surface area contributed by atoms with Gasteiger partial charge >= 0.3 is 5.97 Å². The summed E-state index contributed by atoms with van der Waals surface area (Å²) in [4.78, 5) is 14.5. The third-order valence-electron chi connectivity index (χ3n) is 4.94. The highest BCUT2D eigenvalue weighted by Gasteiger charge is 2.49. The van der Waals surface area contributed by atoms with E-state index in [1.807, 2.05) is 24.1 Å². The largest absolute Gasteiger partial charge is 0.461 e. The average Bonchev–Trinajstić information content (AvgIpc) is 3.03. The quantitative estimate of drug-likeness (QED) is 0.807. The number of aromatic nitrogens is 2. The van der Waals surface area contributed by atoms with E-state index in [-0.39, 0.29) is 17.5 Å². The summed E-state index contributed by atoms with van der Waals surface area (Å²) in [6, 6.07) is 0. The summed E-state index contributed by atoms with van der Waals surface area (Å²) in [5.41, 5.74) is 1.03. The van der Waals surface area contributed by atoms with Gasteiger partial charge in [0.1, 0.15) is 6.10 Å². The van der Waals surface area contributed by atoms with Gasteiger partial charge in [-0.2, -0.15) is 5.10 Å². The molecule has 3 rings (SSSR count). The van der Waals surface area contributed by atoms with Crippen molar-refractivity contribution in [3.63, 3.8) is 0 Å². The molecule has 1 aromatic rings. The van der Waals surface area contributed by atoms with E-state index in [1.54, 1.807) is 0 Å². The molecule has 6 heteroatoms. The van der Waals surface area contributed by atoms with Crippen LogP contribution in [0.3, 0.4) is 0 Å². The predicted molar refractivity (Wildman–Crippen MR) is 83.4 cm³/mol. The lowest BCUT2D eigenvalue weighted by atomic mass is 9.76. The van der Waals surface area contributed by atoms with Crippen LogP contribution in [0.1, 0.15) is 24.8 Å². The first-order valence-electron chi connectivity index (χ1n) is 8.15. The Labute approximate surface area is 131 Å². The number of hydrogen-bond acceptors (Lipinski definition) is 5. The van der Waals surface area contributed by atoms with Crippen molar-refractivity contribution in [3.8, 4) is 0 Å². The zero-order valence-electron chi connectivity index (χ0n) is 13.5. The zero-order chi connectivity index (χ0) is 15.6. The number of aryl methyl sites for hydroxylation is 1. The Morgan fingerprint density at radius 1 is 1.50 bits per heavy atom. The van der Waals surface area contributed by atoms with Gasteiger partial charge in [-0.25, -0.2) is 0 Å². The number of hydrogen-bond donors (Lipinski definition) is 1. The maximum absolute atomic E-state index is 12.2. The van der Waals surface area contributed by atoms with Gasteiger partial charge in [-0.15, -0.1) is 0 Å². The van der Waals surface area contributed by atoms with Gasteiger partial charge in [-0.1, -0.05) is 0 Å². The Hall–Kier alpha value is -1.40. The van der Waals surface area contributed by atoms with Gasteiger partial charge in [0.25, 0.3) is 0 Å².